The maximum atomic E-state index is 11.8. The van der Waals surface area contributed by atoms with Gasteiger partial charge in [-0.15, -0.1) is 0 Å². The number of carboxylic acids is 2. The molecule has 0 unspecified atom stereocenters. The molecule has 0 heterocycles. The Balaban J connectivity index is 3.07. The number of carbonyl (C=O) groups is 3. The number of rotatable bonds is 4. The smallest absolute Gasteiger partial charge is 0.343 e. The van der Waals surface area contributed by atoms with E-state index < -0.39 is 23.3 Å². The zero-order valence-electron chi connectivity index (χ0n) is 11.5. The van der Waals surface area contributed by atoms with Crippen molar-refractivity contribution in [2.45, 2.75) is 26.2 Å². The number of allylic oxidation sites excluding steroid dienone is 1. The lowest BCUT2D eigenvalue weighted by atomic mass is 9.86. The van der Waals surface area contributed by atoms with Gasteiger partial charge < -0.3 is 10.2 Å². The number of hydrogen-bond donors (Lipinski definition) is 2. The summed E-state index contributed by atoms with van der Waals surface area (Å²) in [5.74, 6) is -3.93. The van der Waals surface area contributed by atoms with Crippen molar-refractivity contribution in [1.82, 2.24) is 0 Å². The first-order chi connectivity index (χ1) is 9.12. The molecule has 20 heavy (non-hydrogen) atoms. The van der Waals surface area contributed by atoms with Gasteiger partial charge in [-0.3, -0.25) is 4.79 Å². The molecule has 1 aromatic rings. The highest BCUT2D eigenvalue weighted by molar-refractivity contribution is 6.19. The SMILES string of the molecule is CC(C)(C)c1ccc(C(=O)C=C(C(=O)O)C(=O)O)cc1. The van der Waals surface area contributed by atoms with Crippen LogP contribution >= 0.6 is 0 Å². The van der Waals surface area contributed by atoms with Crippen LogP contribution in [0.3, 0.4) is 0 Å². The Morgan fingerprint density at radius 1 is 0.950 bits per heavy atom. The molecule has 5 nitrogen and oxygen atoms in total. The maximum Gasteiger partial charge on any atom is 0.343 e. The summed E-state index contributed by atoms with van der Waals surface area (Å²) in [5, 5.41) is 17.4. The summed E-state index contributed by atoms with van der Waals surface area (Å²) in [7, 11) is 0. The van der Waals surface area contributed by atoms with Gasteiger partial charge in [0.05, 0.1) is 0 Å². The second-order valence-electron chi connectivity index (χ2n) is 5.36. The standard InChI is InChI=1S/C15H16O5/c1-15(2,3)10-6-4-9(5-7-10)12(16)8-11(13(17)18)14(19)20/h4-8H,1-3H3,(H,17,18)(H,19,20). The predicted octanol–water partition coefficient (Wildman–Crippen LogP) is 2.26. The second kappa shape index (κ2) is 5.69. The van der Waals surface area contributed by atoms with Gasteiger partial charge in [0, 0.05) is 11.6 Å². The third kappa shape index (κ3) is 3.78. The van der Waals surface area contributed by atoms with Gasteiger partial charge >= 0.3 is 11.9 Å². The molecule has 0 amide bonds. The van der Waals surface area contributed by atoms with Crippen molar-refractivity contribution < 1.29 is 24.6 Å². The van der Waals surface area contributed by atoms with Gasteiger partial charge in [-0.1, -0.05) is 45.0 Å². The lowest BCUT2D eigenvalue weighted by Crippen LogP contribution is -2.14. The van der Waals surface area contributed by atoms with Crippen molar-refractivity contribution in [3.05, 3.63) is 47.0 Å². The number of aliphatic carboxylic acids is 2. The average molecular weight is 276 g/mol. The molecule has 0 saturated carbocycles. The zero-order valence-corrected chi connectivity index (χ0v) is 11.5. The van der Waals surface area contributed by atoms with Gasteiger partial charge in [0.15, 0.2) is 5.78 Å². The van der Waals surface area contributed by atoms with E-state index in [2.05, 4.69) is 0 Å². The van der Waals surface area contributed by atoms with Gasteiger partial charge in [-0.05, 0) is 11.0 Å². The molecule has 1 aromatic carbocycles. The minimum absolute atomic E-state index is 0.0648. The first kappa shape index (κ1) is 15.6. The topological polar surface area (TPSA) is 91.7 Å². The number of benzene rings is 1. The summed E-state index contributed by atoms with van der Waals surface area (Å²) in [6, 6.07) is 6.64. The van der Waals surface area contributed by atoms with Crippen LogP contribution in [0.2, 0.25) is 0 Å². The minimum atomic E-state index is -1.64. The van der Waals surface area contributed by atoms with Crippen LogP contribution in [0.4, 0.5) is 0 Å². The fourth-order valence-corrected chi connectivity index (χ4v) is 1.56. The van der Waals surface area contributed by atoms with Gasteiger partial charge in [-0.25, -0.2) is 9.59 Å². The van der Waals surface area contributed by atoms with Crippen LogP contribution in [-0.4, -0.2) is 27.9 Å². The first-order valence-corrected chi connectivity index (χ1v) is 5.96. The number of hydrogen-bond acceptors (Lipinski definition) is 3. The van der Waals surface area contributed by atoms with E-state index >= 15 is 0 Å². The highest BCUT2D eigenvalue weighted by Crippen LogP contribution is 2.22. The number of carbonyl (C=O) groups excluding carboxylic acids is 1. The van der Waals surface area contributed by atoms with E-state index in [0.29, 0.717) is 6.08 Å². The molecule has 0 fully saturated rings. The average Bonchev–Trinajstić information content (AvgIpc) is 2.34. The quantitative estimate of drug-likeness (QED) is 0.381. The molecular formula is C15H16O5. The maximum absolute atomic E-state index is 11.8. The zero-order chi connectivity index (χ0) is 15.5. The van der Waals surface area contributed by atoms with Crippen LogP contribution in [0.5, 0.6) is 0 Å². The van der Waals surface area contributed by atoms with Crippen LogP contribution < -0.4 is 0 Å². The van der Waals surface area contributed by atoms with Crippen LogP contribution in [0.1, 0.15) is 36.7 Å². The molecule has 0 radical (unpaired) electrons. The molecular weight excluding hydrogens is 260 g/mol. The highest BCUT2D eigenvalue weighted by Gasteiger charge is 2.19. The largest absolute Gasteiger partial charge is 0.477 e. The Morgan fingerprint density at radius 3 is 1.75 bits per heavy atom. The summed E-state index contributed by atoms with van der Waals surface area (Å²) in [6.07, 6.45) is 0.622. The third-order valence-electron chi connectivity index (χ3n) is 2.77. The molecule has 5 heteroatoms. The Hall–Kier alpha value is -2.43. The molecule has 0 bridgehead atoms. The van der Waals surface area contributed by atoms with E-state index in [-0.39, 0.29) is 11.0 Å². The van der Waals surface area contributed by atoms with Crippen molar-refractivity contribution in [2.24, 2.45) is 0 Å². The number of ketones is 1. The van der Waals surface area contributed by atoms with Gasteiger partial charge in [0.2, 0.25) is 0 Å². The Kier molecular flexibility index (Phi) is 4.45. The summed E-state index contributed by atoms with van der Waals surface area (Å²) >= 11 is 0. The molecule has 2 N–H and O–H groups in total. The molecule has 0 aliphatic heterocycles. The van der Waals surface area contributed by atoms with Gasteiger partial charge in [0.1, 0.15) is 5.57 Å². The predicted molar refractivity (Wildman–Crippen MR) is 72.8 cm³/mol. The fourth-order valence-electron chi connectivity index (χ4n) is 1.56. The van der Waals surface area contributed by atoms with Crippen LogP contribution in [0.25, 0.3) is 0 Å². The second-order valence-corrected chi connectivity index (χ2v) is 5.36. The lowest BCUT2D eigenvalue weighted by Gasteiger charge is -2.18. The minimum Gasteiger partial charge on any atom is -0.477 e. The summed E-state index contributed by atoms with van der Waals surface area (Å²) in [5.41, 5.74) is 0.257. The Labute approximate surface area is 116 Å². The molecule has 106 valence electrons. The summed E-state index contributed by atoms with van der Waals surface area (Å²) in [4.78, 5) is 33.2. The third-order valence-corrected chi connectivity index (χ3v) is 2.77. The first-order valence-electron chi connectivity index (χ1n) is 5.96. The summed E-state index contributed by atoms with van der Waals surface area (Å²) in [6.45, 7) is 6.07. The molecule has 0 atom stereocenters. The Morgan fingerprint density at radius 2 is 1.40 bits per heavy atom. The summed E-state index contributed by atoms with van der Waals surface area (Å²) < 4.78 is 0. The Bertz CT molecular complexity index is 557. The number of carboxylic acid groups (broad SMARTS) is 2. The van der Waals surface area contributed by atoms with Crippen molar-refractivity contribution >= 4 is 17.7 Å². The molecule has 0 spiro atoms. The van der Waals surface area contributed by atoms with E-state index in [1.54, 1.807) is 24.3 Å². The highest BCUT2D eigenvalue weighted by atomic mass is 16.4. The van der Waals surface area contributed by atoms with E-state index in [1.807, 2.05) is 20.8 Å². The van der Waals surface area contributed by atoms with Crippen LogP contribution in [0, 0.1) is 0 Å². The van der Waals surface area contributed by atoms with Crippen molar-refractivity contribution in [1.29, 1.82) is 0 Å². The lowest BCUT2D eigenvalue weighted by molar-refractivity contribution is -0.140. The normalized spacial score (nSPS) is 10.8. The molecule has 0 aromatic heterocycles. The van der Waals surface area contributed by atoms with E-state index in [0.717, 1.165) is 5.56 Å². The molecule has 0 aliphatic rings. The monoisotopic (exact) mass is 276 g/mol. The van der Waals surface area contributed by atoms with Gasteiger partial charge in [-0.2, -0.15) is 0 Å². The van der Waals surface area contributed by atoms with E-state index in [1.165, 1.54) is 0 Å². The van der Waals surface area contributed by atoms with E-state index in [4.69, 9.17) is 10.2 Å². The molecule has 0 saturated heterocycles. The van der Waals surface area contributed by atoms with Crippen molar-refractivity contribution in [2.75, 3.05) is 0 Å². The van der Waals surface area contributed by atoms with Crippen molar-refractivity contribution in [3.63, 3.8) is 0 Å². The molecule has 0 aliphatic carbocycles. The molecule has 1 rings (SSSR count). The van der Waals surface area contributed by atoms with Gasteiger partial charge in [0.25, 0.3) is 0 Å². The van der Waals surface area contributed by atoms with Crippen LogP contribution in [0.15, 0.2) is 35.9 Å². The fraction of sp³-hybridized carbons (Fsp3) is 0.267. The van der Waals surface area contributed by atoms with E-state index in [9.17, 15) is 14.4 Å². The van der Waals surface area contributed by atoms with Crippen molar-refractivity contribution in [3.8, 4) is 0 Å². The van der Waals surface area contributed by atoms with Crippen LogP contribution in [-0.2, 0) is 15.0 Å².